The Morgan fingerprint density at radius 1 is 1.35 bits per heavy atom. The molecule has 1 fully saturated rings. The number of rotatable bonds is 3. The predicted octanol–water partition coefficient (Wildman–Crippen LogP) is 3.46. The number of hydrogen-bond donors (Lipinski definition) is 1. The van der Waals surface area contributed by atoms with Crippen LogP contribution in [-0.2, 0) is 0 Å². The highest BCUT2D eigenvalue weighted by atomic mass is 19.1. The smallest absolute Gasteiger partial charge is 0.126 e. The van der Waals surface area contributed by atoms with Crippen molar-refractivity contribution in [2.45, 2.75) is 38.6 Å². The van der Waals surface area contributed by atoms with Gasteiger partial charge in [-0.05, 0) is 49.1 Å². The van der Waals surface area contributed by atoms with Crippen LogP contribution in [0.5, 0.6) is 0 Å². The van der Waals surface area contributed by atoms with E-state index in [1.54, 1.807) is 0 Å². The molecule has 17 heavy (non-hydrogen) atoms. The van der Waals surface area contributed by atoms with E-state index in [0.717, 1.165) is 19.4 Å². The summed E-state index contributed by atoms with van der Waals surface area (Å²) in [6, 6.07) is 4.03. The summed E-state index contributed by atoms with van der Waals surface area (Å²) in [4.78, 5) is 0. The van der Waals surface area contributed by atoms with Crippen molar-refractivity contribution < 1.29 is 8.78 Å². The average molecular weight is 239 g/mol. The van der Waals surface area contributed by atoms with Crippen molar-refractivity contribution in [3.63, 3.8) is 0 Å². The first-order valence-electron chi connectivity index (χ1n) is 6.26. The summed E-state index contributed by atoms with van der Waals surface area (Å²) >= 11 is 0. The van der Waals surface area contributed by atoms with E-state index in [1.807, 2.05) is 0 Å². The summed E-state index contributed by atoms with van der Waals surface area (Å²) in [5.41, 5.74) is 0.528. The highest BCUT2D eigenvalue weighted by Crippen LogP contribution is 2.32. The molecular weight excluding hydrogens is 220 g/mol. The normalized spacial score (nSPS) is 24.5. The second-order valence-corrected chi connectivity index (χ2v) is 5.25. The zero-order valence-corrected chi connectivity index (χ0v) is 10.3. The molecule has 1 N–H and O–H groups in total. The van der Waals surface area contributed by atoms with Crippen LogP contribution < -0.4 is 5.32 Å². The van der Waals surface area contributed by atoms with E-state index in [2.05, 4.69) is 19.2 Å². The quantitative estimate of drug-likeness (QED) is 0.851. The van der Waals surface area contributed by atoms with E-state index >= 15 is 0 Å². The van der Waals surface area contributed by atoms with Crippen molar-refractivity contribution in [2.75, 3.05) is 6.54 Å². The third-order valence-electron chi connectivity index (χ3n) is 3.43. The first-order valence-corrected chi connectivity index (χ1v) is 6.26. The molecule has 1 heterocycles. The van der Waals surface area contributed by atoms with Gasteiger partial charge in [0.15, 0.2) is 0 Å². The van der Waals surface area contributed by atoms with Crippen molar-refractivity contribution in [3.05, 3.63) is 35.4 Å². The van der Waals surface area contributed by atoms with E-state index in [9.17, 15) is 8.78 Å². The molecule has 0 aliphatic carbocycles. The monoisotopic (exact) mass is 239 g/mol. The zero-order chi connectivity index (χ0) is 12.4. The lowest BCUT2D eigenvalue weighted by molar-refractivity contribution is 0.424. The van der Waals surface area contributed by atoms with Crippen molar-refractivity contribution in [1.82, 2.24) is 5.32 Å². The summed E-state index contributed by atoms with van der Waals surface area (Å²) in [7, 11) is 0. The molecule has 0 spiro atoms. The topological polar surface area (TPSA) is 12.0 Å². The molecule has 1 aliphatic heterocycles. The van der Waals surface area contributed by atoms with Gasteiger partial charge in [-0.3, -0.25) is 0 Å². The maximum Gasteiger partial charge on any atom is 0.126 e. The van der Waals surface area contributed by atoms with Gasteiger partial charge in [0.05, 0.1) is 0 Å². The second kappa shape index (κ2) is 5.13. The van der Waals surface area contributed by atoms with Gasteiger partial charge in [0, 0.05) is 12.0 Å². The number of halogens is 2. The highest BCUT2D eigenvalue weighted by Gasteiger charge is 2.30. The molecule has 2 atom stereocenters. The maximum absolute atomic E-state index is 13.7. The predicted molar refractivity (Wildman–Crippen MR) is 65.0 cm³/mol. The second-order valence-electron chi connectivity index (χ2n) is 5.25. The minimum absolute atomic E-state index is 0.105. The van der Waals surface area contributed by atoms with E-state index in [4.69, 9.17) is 0 Å². The summed E-state index contributed by atoms with van der Waals surface area (Å²) in [6.45, 7) is 5.19. The molecule has 2 unspecified atom stereocenters. The molecule has 1 aromatic rings. The fourth-order valence-corrected chi connectivity index (χ4v) is 2.69. The maximum atomic E-state index is 13.7. The summed E-state index contributed by atoms with van der Waals surface area (Å²) in [6.07, 6.45) is 1.89. The fraction of sp³-hybridized carbons (Fsp3) is 0.571. The minimum atomic E-state index is -0.350. The van der Waals surface area contributed by atoms with E-state index < -0.39 is 0 Å². The van der Waals surface area contributed by atoms with E-state index in [0.29, 0.717) is 11.5 Å². The average Bonchev–Trinajstić information content (AvgIpc) is 2.69. The van der Waals surface area contributed by atoms with E-state index in [-0.39, 0.29) is 23.6 Å². The molecule has 0 radical (unpaired) electrons. The largest absolute Gasteiger partial charge is 0.313 e. The molecule has 0 saturated carbocycles. The Balaban J connectivity index is 2.22. The summed E-state index contributed by atoms with van der Waals surface area (Å²) in [5.74, 6) is 0.0308. The van der Waals surface area contributed by atoms with Crippen LogP contribution in [0.3, 0.4) is 0 Å². The van der Waals surface area contributed by atoms with Crippen LogP contribution in [0.15, 0.2) is 18.2 Å². The lowest BCUT2D eigenvalue weighted by Gasteiger charge is -2.22. The van der Waals surface area contributed by atoms with Crippen LogP contribution >= 0.6 is 0 Å². The van der Waals surface area contributed by atoms with Gasteiger partial charge < -0.3 is 5.32 Å². The van der Waals surface area contributed by atoms with Crippen molar-refractivity contribution >= 4 is 0 Å². The zero-order valence-electron chi connectivity index (χ0n) is 10.3. The lowest BCUT2D eigenvalue weighted by atomic mass is 9.87. The fourth-order valence-electron chi connectivity index (χ4n) is 2.69. The number of benzene rings is 1. The minimum Gasteiger partial charge on any atom is -0.313 e. The van der Waals surface area contributed by atoms with Crippen LogP contribution in [0.4, 0.5) is 8.78 Å². The van der Waals surface area contributed by atoms with Crippen LogP contribution in [0.1, 0.15) is 38.2 Å². The Labute approximate surface area is 101 Å². The third-order valence-corrected chi connectivity index (χ3v) is 3.43. The molecule has 0 bridgehead atoms. The molecule has 3 heteroatoms. The van der Waals surface area contributed by atoms with Gasteiger partial charge in [0.1, 0.15) is 11.6 Å². The molecule has 2 rings (SSSR count). The first kappa shape index (κ1) is 12.5. The molecule has 1 saturated heterocycles. The van der Waals surface area contributed by atoms with Gasteiger partial charge in [-0.25, -0.2) is 8.78 Å². The molecule has 0 amide bonds. The molecule has 1 nitrogen and oxygen atoms in total. The SMILES string of the molecule is CC(C)CC1NCCC1c1cc(F)ccc1F. The van der Waals surface area contributed by atoms with Crippen LogP contribution in [0.25, 0.3) is 0 Å². The van der Waals surface area contributed by atoms with Crippen LogP contribution in [0.2, 0.25) is 0 Å². The van der Waals surface area contributed by atoms with Gasteiger partial charge in [-0.15, -0.1) is 0 Å². The molecular formula is C14H19F2N. The first-order chi connectivity index (χ1) is 8.08. The lowest BCUT2D eigenvalue weighted by Crippen LogP contribution is -2.28. The summed E-state index contributed by atoms with van der Waals surface area (Å²) in [5, 5.41) is 3.39. The van der Waals surface area contributed by atoms with Crippen molar-refractivity contribution in [2.24, 2.45) is 5.92 Å². The molecule has 1 aliphatic rings. The van der Waals surface area contributed by atoms with Crippen molar-refractivity contribution in [1.29, 1.82) is 0 Å². The Morgan fingerprint density at radius 3 is 2.82 bits per heavy atom. The van der Waals surface area contributed by atoms with Crippen LogP contribution in [-0.4, -0.2) is 12.6 Å². The Bertz CT molecular complexity index is 390. The van der Waals surface area contributed by atoms with Crippen molar-refractivity contribution in [3.8, 4) is 0 Å². The standard InChI is InChI=1S/C14H19F2N/c1-9(2)7-14-11(5-6-17-14)12-8-10(15)3-4-13(12)16/h3-4,8-9,11,14,17H,5-7H2,1-2H3. The molecule has 94 valence electrons. The van der Waals surface area contributed by atoms with E-state index in [1.165, 1.54) is 18.2 Å². The van der Waals surface area contributed by atoms with Crippen LogP contribution in [0, 0.1) is 17.6 Å². The Hall–Kier alpha value is -0.960. The molecule has 0 aromatic heterocycles. The van der Waals surface area contributed by atoms with Gasteiger partial charge in [0.2, 0.25) is 0 Å². The van der Waals surface area contributed by atoms with Gasteiger partial charge >= 0.3 is 0 Å². The van der Waals surface area contributed by atoms with Gasteiger partial charge in [-0.1, -0.05) is 13.8 Å². The van der Waals surface area contributed by atoms with Gasteiger partial charge in [-0.2, -0.15) is 0 Å². The third kappa shape index (κ3) is 2.83. The molecule has 1 aromatic carbocycles. The number of hydrogen-bond acceptors (Lipinski definition) is 1. The number of nitrogens with one attached hydrogen (secondary N) is 1. The Morgan fingerprint density at radius 2 is 2.12 bits per heavy atom. The highest BCUT2D eigenvalue weighted by molar-refractivity contribution is 5.25. The Kier molecular flexibility index (Phi) is 3.77. The summed E-state index contributed by atoms with van der Waals surface area (Å²) < 4.78 is 26.9. The van der Waals surface area contributed by atoms with Gasteiger partial charge in [0.25, 0.3) is 0 Å².